The van der Waals surface area contributed by atoms with Crippen LogP contribution in [0.15, 0.2) is 59.1 Å². The lowest BCUT2D eigenvalue weighted by molar-refractivity contribution is 0.0274. The Kier molecular flexibility index (Phi) is 6.66. The van der Waals surface area contributed by atoms with Crippen molar-refractivity contribution >= 4 is 28.5 Å². The van der Waals surface area contributed by atoms with E-state index in [1.54, 1.807) is 0 Å². The van der Waals surface area contributed by atoms with Gasteiger partial charge in [-0.15, -0.1) is 0 Å². The molecule has 0 radical (unpaired) electrons. The number of hydrogen-bond donors (Lipinski definition) is 0. The van der Waals surface area contributed by atoms with Gasteiger partial charge >= 0.3 is 0 Å². The van der Waals surface area contributed by atoms with Crippen molar-refractivity contribution in [3.63, 3.8) is 0 Å². The summed E-state index contributed by atoms with van der Waals surface area (Å²) in [4.78, 5) is 2.34. The molecule has 0 amide bonds. The van der Waals surface area contributed by atoms with E-state index < -0.39 is 7.29 Å². The predicted molar refractivity (Wildman–Crippen MR) is 115 cm³/mol. The molecule has 2 aromatic carbocycles. The molecular formula is C21H26BrN2O3P. The van der Waals surface area contributed by atoms with Gasteiger partial charge in [0.1, 0.15) is 5.78 Å². The van der Waals surface area contributed by atoms with Crippen molar-refractivity contribution in [2.24, 2.45) is 0 Å². The van der Waals surface area contributed by atoms with E-state index in [-0.39, 0.29) is 5.78 Å². The van der Waals surface area contributed by atoms with E-state index in [2.05, 4.69) is 37.6 Å². The van der Waals surface area contributed by atoms with Crippen LogP contribution in [0, 0.1) is 0 Å². The van der Waals surface area contributed by atoms with Gasteiger partial charge in [-0.1, -0.05) is 58.4 Å². The normalized spacial score (nSPS) is 22.5. The van der Waals surface area contributed by atoms with Crippen LogP contribution in [-0.2, 0) is 14.0 Å². The average molecular weight is 465 g/mol. The molecule has 2 fully saturated rings. The van der Waals surface area contributed by atoms with Gasteiger partial charge in [-0.3, -0.25) is 9.46 Å². The van der Waals surface area contributed by atoms with Gasteiger partial charge in [0.2, 0.25) is 0 Å². The Hall–Kier alpha value is -1.01. The molecule has 4 rings (SSSR count). The van der Waals surface area contributed by atoms with Crippen LogP contribution in [0.4, 0.5) is 0 Å². The number of rotatable bonds is 5. The average Bonchev–Trinajstić information content (AvgIpc) is 2.77. The van der Waals surface area contributed by atoms with Crippen LogP contribution in [0.2, 0.25) is 0 Å². The van der Waals surface area contributed by atoms with Crippen molar-refractivity contribution in [2.75, 3.05) is 52.6 Å². The Labute approximate surface area is 175 Å². The lowest BCUT2D eigenvalue weighted by atomic mass is 10.2. The number of hydrogen-bond acceptors (Lipinski definition) is 4. The maximum Gasteiger partial charge on any atom is 0.199 e. The summed E-state index contributed by atoms with van der Waals surface area (Å²) >= 11 is 3.53. The third-order valence-corrected chi connectivity index (χ3v) is 9.52. The molecule has 2 aromatic rings. The molecule has 5 nitrogen and oxygen atoms in total. The molecule has 0 saturated carbocycles. The maximum absolute atomic E-state index is 15.0. The molecular weight excluding hydrogens is 439 g/mol. The summed E-state index contributed by atoms with van der Waals surface area (Å²) in [6.45, 7) is 5.51. The van der Waals surface area contributed by atoms with Crippen LogP contribution < -0.4 is 5.30 Å². The highest BCUT2D eigenvalue weighted by atomic mass is 79.9. The maximum atomic E-state index is 15.0. The van der Waals surface area contributed by atoms with E-state index in [9.17, 15) is 0 Å². The molecule has 28 heavy (non-hydrogen) atoms. The molecule has 150 valence electrons. The molecule has 0 N–H and O–H groups in total. The first-order valence-corrected chi connectivity index (χ1v) is 12.3. The Balaban J connectivity index is 1.84. The van der Waals surface area contributed by atoms with Gasteiger partial charge < -0.3 is 9.47 Å². The van der Waals surface area contributed by atoms with Crippen molar-refractivity contribution in [2.45, 2.75) is 5.78 Å². The predicted octanol–water partition coefficient (Wildman–Crippen LogP) is 3.72. The van der Waals surface area contributed by atoms with Crippen molar-refractivity contribution in [1.29, 1.82) is 0 Å². The molecule has 2 aliphatic rings. The summed E-state index contributed by atoms with van der Waals surface area (Å²) in [7, 11) is -2.95. The quantitative estimate of drug-likeness (QED) is 0.630. The fourth-order valence-electron chi connectivity index (χ4n) is 4.04. The van der Waals surface area contributed by atoms with Gasteiger partial charge in [0.25, 0.3) is 0 Å². The standard InChI is InChI=1S/C21H26BrN2O3P/c22-19-8-6-18(7-9-19)21(23-10-14-26-15-11-23)28(25,20-4-2-1-3-5-20)24-12-16-27-17-13-24/h1-9,21H,10-17H2/t21-,28+/m1/s1. The van der Waals surface area contributed by atoms with Gasteiger partial charge in [0.05, 0.1) is 26.4 Å². The third-order valence-electron chi connectivity index (χ3n) is 5.43. The summed E-state index contributed by atoms with van der Waals surface area (Å²) < 4.78 is 29.4. The Morgan fingerprint density at radius 1 is 0.821 bits per heavy atom. The first-order valence-electron chi connectivity index (χ1n) is 9.75. The van der Waals surface area contributed by atoms with Gasteiger partial charge in [-0.25, -0.2) is 4.67 Å². The largest absolute Gasteiger partial charge is 0.379 e. The monoisotopic (exact) mass is 464 g/mol. The second kappa shape index (κ2) is 9.21. The van der Waals surface area contributed by atoms with Crippen LogP contribution in [0.25, 0.3) is 0 Å². The van der Waals surface area contributed by atoms with Crippen LogP contribution in [0.1, 0.15) is 11.3 Å². The van der Waals surface area contributed by atoms with E-state index in [1.165, 1.54) is 0 Å². The summed E-state index contributed by atoms with van der Waals surface area (Å²) in [5.41, 5.74) is 1.09. The highest BCUT2D eigenvalue weighted by molar-refractivity contribution is 9.10. The lowest BCUT2D eigenvalue weighted by Crippen LogP contribution is -2.45. The van der Waals surface area contributed by atoms with E-state index in [0.29, 0.717) is 39.5 Å². The second-order valence-electron chi connectivity index (χ2n) is 7.10. The van der Waals surface area contributed by atoms with E-state index in [0.717, 1.165) is 28.4 Å². The molecule has 2 saturated heterocycles. The fourth-order valence-corrected chi connectivity index (χ4v) is 7.83. The number of morpholine rings is 2. The van der Waals surface area contributed by atoms with Crippen molar-refractivity contribution in [3.8, 4) is 0 Å². The van der Waals surface area contributed by atoms with Crippen LogP contribution in [-0.4, -0.2) is 62.2 Å². The summed E-state index contributed by atoms with van der Waals surface area (Å²) in [6.07, 6.45) is 0. The summed E-state index contributed by atoms with van der Waals surface area (Å²) in [5.74, 6) is -0.204. The van der Waals surface area contributed by atoms with E-state index in [4.69, 9.17) is 9.47 Å². The Morgan fingerprint density at radius 3 is 2.00 bits per heavy atom. The Bertz CT molecular complexity index is 806. The first kappa shape index (κ1) is 20.3. The highest BCUT2D eigenvalue weighted by Gasteiger charge is 2.45. The number of nitrogens with zero attached hydrogens (tertiary/aromatic N) is 2. The topological polar surface area (TPSA) is 42.0 Å². The van der Waals surface area contributed by atoms with Gasteiger partial charge in [0, 0.05) is 36.0 Å². The number of halogens is 1. The summed E-state index contributed by atoms with van der Waals surface area (Å²) in [5, 5.41) is 0.913. The fraction of sp³-hybridized carbons (Fsp3) is 0.429. The van der Waals surface area contributed by atoms with E-state index in [1.807, 2.05) is 42.5 Å². The zero-order chi connectivity index (χ0) is 19.4. The minimum absolute atomic E-state index is 0.204. The zero-order valence-electron chi connectivity index (χ0n) is 15.9. The Morgan fingerprint density at radius 2 is 1.39 bits per heavy atom. The van der Waals surface area contributed by atoms with Gasteiger partial charge in [-0.2, -0.15) is 0 Å². The smallest absolute Gasteiger partial charge is 0.199 e. The van der Waals surface area contributed by atoms with Crippen LogP contribution in [0.3, 0.4) is 0 Å². The van der Waals surface area contributed by atoms with Crippen molar-refractivity contribution in [1.82, 2.24) is 9.57 Å². The third kappa shape index (κ3) is 4.13. The molecule has 0 bridgehead atoms. The molecule has 7 heteroatoms. The molecule has 0 aromatic heterocycles. The van der Waals surface area contributed by atoms with Gasteiger partial charge in [-0.05, 0) is 17.7 Å². The van der Waals surface area contributed by atoms with Gasteiger partial charge in [0.15, 0.2) is 7.29 Å². The second-order valence-corrected chi connectivity index (χ2v) is 10.8. The summed E-state index contributed by atoms with van der Waals surface area (Å²) in [6, 6.07) is 18.3. The van der Waals surface area contributed by atoms with Crippen molar-refractivity contribution in [3.05, 3.63) is 64.6 Å². The van der Waals surface area contributed by atoms with E-state index >= 15 is 4.57 Å². The number of benzene rings is 2. The first-order chi connectivity index (χ1) is 13.7. The van der Waals surface area contributed by atoms with Crippen LogP contribution >= 0.6 is 23.2 Å². The van der Waals surface area contributed by atoms with Crippen LogP contribution in [0.5, 0.6) is 0 Å². The number of ether oxygens (including phenoxy) is 2. The molecule has 2 aliphatic heterocycles. The zero-order valence-corrected chi connectivity index (χ0v) is 18.4. The SMILES string of the molecule is O=[P@@](c1ccccc1)([C@H](c1ccc(Br)cc1)N1CCOCC1)N1CCOCC1. The molecule has 0 spiro atoms. The molecule has 2 heterocycles. The van der Waals surface area contributed by atoms with Crippen molar-refractivity contribution < 1.29 is 14.0 Å². The minimum atomic E-state index is -2.95. The lowest BCUT2D eigenvalue weighted by Gasteiger charge is -2.44. The molecule has 2 atom stereocenters. The highest BCUT2D eigenvalue weighted by Crippen LogP contribution is 2.62. The minimum Gasteiger partial charge on any atom is -0.379 e. The molecule has 0 aliphatic carbocycles. The molecule has 0 unspecified atom stereocenters.